The molecule has 0 aliphatic heterocycles. The molecule has 2 heterocycles. The standard InChI is InChI=1S/C16H14ClN3O2S/c17-12-5-2-1-4-11(12)7-8-14(21)18-10-15-19-16(20-22-15)13-6-3-9-23-13/h1-6,9H,7-8,10H2,(H,18,21). The van der Waals surface area contributed by atoms with Gasteiger partial charge in [0.05, 0.1) is 11.4 Å². The predicted octanol–water partition coefficient (Wildman–Crippen LogP) is 3.70. The normalized spacial score (nSPS) is 10.7. The van der Waals surface area contributed by atoms with Crippen molar-refractivity contribution in [2.24, 2.45) is 0 Å². The zero-order chi connectivity index (χ0) is 16.1. The van der Waals surface area contributed by atoms with E-state index in [9.17, 15) is 4.79 Å². The highest BCUT2D eigenvalue weighted by Gasteiger charge is 2.11. The van der Waals surface area contributed by atoms with E-state index >= 15 is 0 Å². The Morgan fingerprint density at radius 3 is 2.91 bits per heavy atom. The van der Waals surface area contributed by atoms with Crippen molar-refractivity contribution in [3.63, 3.8) is 0 Å². The SMILES string of the molecule is O=C(CCc1ccccc1Cl)NCc1nc(-c2cccs2)no1. The van der Waals surface area contributed by atoms with E-state index in [4.69, 9.17) is 16.1 Å². The molecule has 1 aromatic carbocycles. The largest absolute Gasteiger partial charge is 0.347 e. The third kappa shape index (κ3) is 4.18. The summed E-state index contributed by atoms with van der Waals surface area (Å²) in [6, 6.07) is 11.4. The Hall–Kier alpha value is -2.18. The van der Waals surface area contributed by atoms with E-state index in [-0.39, 0.29) is 12.5 Å². The predicted molar refractivity (Wildman–Crippen MR) is 89.2 cm³/mol. The Morgan fingerprint density at radius 2 is 2.13 bits per heavy atom. The Bertz CT molecular complexity index is 786. The number of aromatic nitrogens is 2. The number of carbonyl (C=O) groups is 1. The summed E-state index contributed by atoms with van der Waals surface area (Å²) in [5.41, 5.74) is 0.960. The van der Waals surface area contributed by atoms with Crippen LogP contribution in [0, 0.1) is 0 Å². The van der Waals surface area contributed by atoms with E-state index in [1.54, 1.807) is 0 Å². The summed E-state index contributed by atoms with van der Waals surface area (Å²) in [5.74, 6) is 0.848. The minimum absolute atomic E-state index is 0.0826. The summed E-state index contributed by atoms with van der Waals surface area (Å²) in [5, 5.41) is 9.29. The van der Waals surface area contributed by atoms with Gasteiger partial charge >= 0.3 is 0 Å². The summed E-state index contributed by atoms with van der Waals surface area (Å²) in [6.45, 7) is 0.222. The van der Waals surface area contributed by atoms with E-state index in [0.29, 0.717) is 29.6 Å². The first-order valence-electron chi connectivity index (χ1n) is 7.09. The average molecular weight is 348 g/mol. The van der Waals surface area contributed by atoms with Gasteiger partial charge in [-0.1, -0.05) is 41.0 Å². The fourth-order valence-corrected chi connectivity index (χ4v) is 2.92. The molecule has 0 saturated heterocycles. The number of benzene rings is 1. The van der Waals surface area contributed by atoms with Crippen molar-refractivity contribution >= 4 is 28.8 Å². The van der Waals surface area contributed by atoms with Crippen LogP contribution in [0.25, 0.3) is 10.7 Å². The zero-order valence-corrected chi connectivity index (χ0v) is 13.7. The third-order valence-electron chi connectivity index (χ3n) is 3.23. The number of hydrogen-bond donors (Lipinski definition) is 1. The van der Waals surface area contributed by atoms with Gasteiger partial charge in [-0.15, -0.1) is 11.3 Å². The average Bonchev–Trinajstić information content (AvgIpc) is 3.23. The maximum Gasteiger partial charge on any atom is 0.246 e. The molecule has 0 bridgehead atoms. The van der Waals surface area contributed by atoms with Crippen molar-refractivity contribution in [3.8, 4) is 10.7 Å². The van der Waals surface area contributed by atoms with Crippen LogP contribution in [0.2, 0.25) is 5.02 Å². The highest BCUT2D eigenvalue weighted by Crippen LogP contribution is 2.21. The van der Waals surface area contributed by atoms with Crippen molar-refractivity contribution in [1.29, 1.82) is 0 Å². The van der Waals surface area contributed by atoms with E-state index in [0.717, 1.165) is 10.4 Å². The van der Waals surface area contributed by atoms with Gasteiger partial charge in [-0.25, -0.2) is 0 Å². The molecule has 1 N–H and O–H groups in total. The second-order valence-corrected chi connectivity index (χ2v) is 6.21. The number of aryl methyl sites for hydroxylation is 1. The quantitative estimate of drug-likeness (QED) is 0.738. The molecule has 0 radical (unpaired) electrons. The van der Waals surface area contributed by atoms with Crippen molar-refractivity contribution in [1.82, 2.24) is 15.5 Å². The van der Waals surface area contributed by atoms with Crippen molar-refractivity contribution in [3.05, 3.63) is 58.3 Å². The molecule has 0 aliphatic carbocycles. The summed E-state index contributed by atoms with van der Waals surface area (Å²) in [6.07, 6.45) is 0.950. The number of hydrogen-bond acceptors (Lipinski definition) is 5. The summed E-state index contributed by atoms with van der Waals surface area (Å²) in [7, 11) is 0. The molecule has 5 nitrogen and oxygen atoms in total. The molecule has 0 saturated carbocycles. The molecule has 1 amide bonds. The van der Waals surface area contributed by atoms with Gasteiger partial charge in [-0.2, -0.15) is 4.98 Å². The molecule has 2 aromatic heterocycles. The lowest BCUT2D eigenvalue weighted by Crippen LogP contribution is -2.23. The number of nitrogens with one attached hydrogen (secondary N) is 1. The molecule has 7 heteroatoms. The Morgan fingerprint density at radius 1 is 1.26 bits per heavy atom. The molecule has 0 aliphatic rings. The van der Waals surface area contributed by atoms with Crippen molar-refractivity contribution in [2.75, 3.05) is 0 Å². The first kappa shape index (κ1) is 15.7. The van der Waals surface area contributed by atoms with E-state index in [1.165, 1.54) is 11.3 Å². The number of halogens is 1. The van der Waals surface area contributed by atoms with Crippen molar-refractivity contribution in [2.45, 2.75) is 19.4 Å². The summed E-state index contributed by atoms with van der Waals surface area (Å²) in [4.78, 5) is 17.1. The monoisotopic (exact) mass is 347 g/mol. The smallest absolute Gasteiger partial charge is 0.246 e. The van der Waals surface area contributed by atoms with Gasteiger partial charge in [0.2, 0.25) is 17.6 Å². The first-order valence-corrected chi connectivity index (χ1v) is 8.34. The van der Waals surface area contributed by atoms with Gasteiger partial charge in [-0.05, 0) is 29.5 Å². The lowest BCUT2D eigenvalue weighted by atomic mass is 10.1. The van der Waals surface area contributed by atoms with Crippen LogP contribution in [-0.4, -0.2) is 16.0 Å². The molecular weight excluding hydrogens is 334 g/mol. The van der Waals surface area contributed by atoms with E-state index in [1.807, 2.05) is 41.8 Å². The van der Waals surface area contributed by atoms with E-state index in [2.05, 4.69) is 15.5 Å². The van der Waals surface area contributed by atoms with E-state index < -0.39 is 0 Å². The maximum absolute atomic E-state index is 11.9. The Balaban J connectivity index is 1.49. The Labute approximate surface area is 142 Å². The van der Waals surface area contributed by atoms with Crippen LogP contribution in [0.5, 0.6) is 0 Å². The van der Waals surface area contributed by atoms with Gasteiger partial charge in [0.15, 0.2) is 0 Å². The number of rotatable bonds is 6. The molecule has 0 spiro atoms. The molecule has 3 rings (SSSR count). The lowest BCUT2D eigenvalue weighted by molar-refractivity contribution is -0.121. The van der Waals surface area contributed by atoms with Crippen molar-refractivity contribution < 1.29 is 9.32 Å². The molecule has 23 heavy (non-hydrogen) atoms. The molecular formula is C16H14ClN3O2S. The summed E-state index contributed by atoms with van der Waals surface area (Å²) >= 11 is 7.60. The first-order chi connectivity index (χ1) is 11.2. The van der Waals surface area contributed by atoms with Crippen LogP contribution in [-0.2, 0) is 17.8 Å². The van der Waals surface area contributed by atoms with Gasteiger partial charge < -0.3 is 9.84 Å². The van der Waals surface area contributed by atoms with Crippen LogP contribution < -0.4 is 5.32 Å². The Kier molecular flexibility index (Phi) is 5.05. The van der Waals surface area contributed by atoms with Gasteiger partial charge in [0.25, 0.3) is 0 Å². The minimum atomic E-state index is -0.0826. The lowest BCUT2D eigenvalue weighted by Gasteiger charge is -2.04. The zero-order valence-electron chi connectivity index (χ0n) is 12.2. The second-order valence-electron chi connectivity index (χ2n) is 4.86. The number of carbonyl (C=O) groups excluding carboxylic acids is 1. The van der Waals surface area contributed by atoms with Gasteiger partial charge in [0, 0.05) is 11.4 Å². The van der Waals surface area contributed by atoms with Crippen LogP contribution in [0.15, 0.2) is 46.3 Å². The fraction of sp³-hybridized carbons (Fsp3) is 0.188. The molecule has 0 unspecified atom stereocenters. The van der Waals surface area contributed by atoms with Crippen LogP contribution in [0.1, 0.15) is 17.9 Å². The van der Waals surface area contributed by atoms with Gasteiger partial charge in [0.1, 0.15) is 0 Å². The highest BCUT2D eigenvalue weighted by atomic mass is 35.5. The molecule has 118 valence electrons. The highest BCUT2D eigenvalue weighted by molar-refractivity contribution is 7.13. The number of amides is 1. The van der Waals surface area contributed by atoms with Crippen LogP contribution >= 0.6 is 22.9 Å². The minimum Gasteiger partial charge on any atom is -0.347 e. The van der Waals surface area contributed by atoms with Crippen LogP contribution in [0.4, 0.5) is 0 Å². The second kappa shape index (κ2) is 7.39. The van der Waals surface area contributed by atoms with Crippen LogP contribution in [0.3, 0.4) is 0 Å². The third-order valence-corrected chi connectivity index (χ3v) is 4.46. The molecule has 3 aromatic rings. The molecule has 0 fully saturated rings. The number of nitrogens with zero attached hydrogens (tertiary/aromatic N) is 2. The topological polar surface area (TPSA) is 68.0 Å². The summed E-state index contributed by atoms with van der Waals surface area (Å²) < 4.78 is 5.13. The van der Waals surface area contributed by atoms with Gasteiger partial charge in [-0.3, -0.25) is 4.79 Å². The maximum atomic E-state index is 11.9. The molecule has 0 atom stereocenters. The number of thiophene rings is 1. The fourth-order valence-electron chi connectivity index (χ4n) is 2.04.